The van der Waals surface area contributed by atoms with Crippen molar-refractivity contribution in [2.75, 3.05) is 5.32 Å². The predicted molar refractivity (Wildman–Crippen MR) is 119 cm³/mol. The smallest absolute Gasteiger partial charge is 0.226 e. The number of thiazole rings is 2. The molecule has 0 bridgehead atoms. The van der Waals surface area contributed by atoms with Gasteiger partial charge in [0.15, 0.2) is 10.9 Å². The summed E-state index contributed by atoms with van der Waals surface area (Å²) in [5.41, 5.74) is 2.49. The number of aromatic nitrogens is 2. The number of hydrogen-bond acceptors (Lipinski definition) is 6. The molecule has 7 heteroatoms. The molecule has 0 saturated carbocycles. The van der Waals surface area contributed by atoms with Crippen LogP contribution in [0.2, 0.25) is 0 Å². The lowest BCUT2D eigenvalue weighted by Crippen LogP contribution is -2.11. The van der Waals surface area contributed by atoms with Gasteiger partial charge in [0.2, 0.25) is 5.91 Å². The number of nitrogens with zero attached hydrogens (tertiary/aromatic N) is 2. The fourth-order valence-electron chi connectivity index (χ4n) is 3.01. The predicted octanol–water partition coefficient (Wildman–Crippen LogP) is 5.58. The molecule has 0 aliphatic rings. The minimum absolute atomic E-state index is 0.0577. The summed E-state index contributed by atoms with van der Waals surface area (Å²) >= 11 is 2.89. The third-order valence-electron chi connectivity index (χ3n) is 4.37. The molecular formula is C22H19N3O2S2. The van der Waals surface area contributed by atoms with Crippen molar-refractivity contribution in [2.24, 2.45) is 0 Å². The van der Waals surface area contributed by atoms with Crippen LogP contribution in [0.15, 0.2) is 54.6 Å². The van der Waals surface area contributed by atoms with Gasteiger partial charge in [-0.3, -0.25) is 9.59 Å². The molecule has 2 aromatic heterocycles. The molecule has 0 spiro atoms. The summed E-state index contributed by atoms with van der Waals surface area (Å²) in [5.74, 6) is -0.160. The van der Waals surface area contributed by atoms with Gasteiger partial charge in [0.05, 0.1) is 25.8 Å². The van der Waals surface area contributed by atoms with Crippen molar-refractivity contribution in [3.8, 4) is 11.3 Å². The molecule has 2 heterocycles. The van der Waals surface area contributed by atoms with Crippen LogP contribution in [-0.2, 0) is 11.2 Å². The number of ketones is 1. The number of carbonyl (C=O) groups excluding carboxylic acids is 2. The summed E-state index contributed by atoms with van der Waals surface area (Å²) in [6.45, 7) is 1.52. The number of aryl methyl sites for hydroxylation is 1. The van der Waals surface area contributed by atoms with Gasteiger partial charge in [0.25, 0.3) is 0 Å². The number of rotatable bonds is 7. The van der Waals surface area contributed by atoms with Crippen LogP contribution in [0.5, 0.6) is 0 Å². The molecule has 4 aromatic rings. The molecule has 0 aliphatic carbocycles. The maximum absolute atomic E-state index is 12.4. The molecule has 0 unspecified atom stereocenters. The van der Waals surface area contributed by atoms with E-state index in [9.17, 15) is 9.59 Å². The van der Waals surface area contributed by atoms with E-state index in [-0.39, 0.29) is 11.7 Å². The fraction of sp³-hybridized carbons (Fsp3) is 0.182. The zero-order valence-corrected chi connectivity index (χ0v) is 17.5. The molecule has 0 fully saturated rings. The first-order chi connectivity index (χ1) is 14.1. The normalized spacial score (nSPS) is 10.9. The second-order valence-electron chi connectivity index (χ2n) is 6.60. The molecule has 29 heavy (non-hydrogen) atoms. The van der Waals surface area contributed by atoms with Crippen molar-refractivity contribution in [3.63, 3.8) is 0 Å². The molecule has 0 aliphatic heterocycles. The summed E-state index contributed by atoms with van der Waals surface area (Å²) in [6.07, 6.45) is 1.85. The largest absolute Gasteiger partial charge is 0.302 e. The molecule has 4 rings (SSSR count). The molecule has 1 amide bonds. The summed E-state index contributed by atoms with van der Waals surface area (Å²) < 4.78 is 1.17. The number of hydrogen-bond donors (Lipinski definition) is 1. The fourth-order valence-corrected chi connectivity index (χ4v) is 4.92. The molecule has 0 saturated heterocycles. The van der Waals surface area contributed by atoms with Gasteiger partial charge in [0.1, 0.15) is 0 Å². The number of anilines is 1. The van der Waals surface area contributed by atoms with E-state index in [0.717, 1.165) is 22.5 Å². The van der Waals surface area contributed by atoms with Crippen molar-refractivity contribution in [1.29, 1.82) is 0 Å². The van der Waals surface area contributed by atoms with Crippen LogP contribution in [0.3, 0.4) is 0 Å². The highest BCUT2D eigenvalue weighted by atomic mass is 32.1. The van der Waals surface area contributed by atoms with Gasteiger partial charge >= 0.3 is 0 Å². The van der Waals surface area contributed by atoms with Crippen LogP contribution in [0.25, 0.3) is 21.5 Å². The maximum Gasteiger partial charge on any atom is 0.226 e. The van der Waals surface area contributed by atoms with Gasteiger partial charge in [-0.15, -0.1) is 11.3 Å². The van der Waals surface area contributed by atoms with E-state index in [4.69, 9.17) is 0 Å². The lowest BCUT2D eigenvalue weighted by molar-refractivity contribution is -0.116. The van der Waals surface area contributed by atoms with E-state index in [1.807, 2.05) is 48.5 Å². The number of nitrogens with one attached hydrogen (secondary N) is 1. The third-order valence-corrected chi connectivity index (χ3v) is 6.54. The zero-order chi connectivity index (χ0) is 20.2. The summed E-state index contributed by atoms with van der Waals surface area (Å²) in [6, 6.07) is 17.6. The first-order valence-corrected chi connectivity index (χ1v) is 10.9. The minimum atomic E-state index is -0.102. The summed E-state index contributed by atoms with van der Waals surface area (Å²) in [7, 11) is 0. The molecule has 146 valence electrons. The third kappa shape index (κ3) is 4.58. The average Bonchev–Trinajstić information content (AvgIpc) is 3.32. The Morgan fingerprint density at radius 1 is 0.966 bits per heavy atom. The topological polar surface area (TPSA) is 72.0 Å². The Bertz CT molecular complexity index is 1130. The lowest BCUT2D eigenvalue weighted by atomic mass is 10.1. The van der Waals surface area contributed by atoms with Gasteiger partial charge in [-0.2, -0.15) is 0 Å². The highest BCUT2D eigenvalue weighted by Crippen LogP contribution is 2.31. The molecule has 5 nitrogen and oxygen atoms in total. The zero-order valence-electron chi connectivity index (χ0n) is 15.8. The molecule has 0 atom stereocenters. The van der Waals surface area contributed by atoms with Crippen molar-refractivity contribution in [2.45, 2.75) is 26.2 Å². The van der Waals surface area contributed by atoms with Crippen molar-refractivity contribution in [1.82, 2.24) is 9.97 Å². The van der Waals surface area contributed by atoms with E-state index in [2.05, 4.69) is 21.4 Å². The molecule has 0 radical (unpaired) electrons. The SMILES string of the molecule is CC(=O)c1sc(NC(=O)CCCc2nc3ccccc3s2)nc1-c1ccccc1. The highest BCUT2D eigenvalue weighted by molar-refractivity contribution is 7.18. The van der Waals surface area contributed by atoms with Crippen LogP contribution >= 0.6 is 22.7 Å². The van der Waals surface area contributed by atoms with E-state index >= 15 is 0 Å². The van der Waals surface area contributed by atoms with Crippen molar-refractivity contribution < 1.29 is 9.59 Å². The van der Waals surface area contributed by atoms with Gasteiger partial charge in [-0.1, -0.05) is 53.8 Å². The Balaban J connectivity index is 1.38. The van der Waals surface area contributed by atoms with Crippen LogP contribution in [-0.4, -0.2) is 21.7 Å². The van der Waals surface area contributed by atoms with Gasteiger partial charge in [-0.05, 0) is 25.0 Å². The van der Waals surface area contributed by atoms with Crippen molar-refractivity contribution in [3.05, 3.63) is 64.5 Å². The molecule has 1 N–H and O–H groups in total. The summed E-state index contributed by atoms with van der Waals surface area (Å²) in [4.78, 5) is 34.0. The first kappa shape index (κ1) is 19.4. The van der Waals surface area contributed by atoms with Crippen molar-refractivity contribution >= 4 is 49.7 Å². The monoisotopic (exact) mass is 421 g/mol. The number of Topliss-reactive ketones (excluding diaryl/α,β-unsaturated/α-hetero) is 1. The maximum atomic E-state index is 12.4. The van der Waals surface area contributed by atoms with Crippen LogP contribution in [0, 0.1) is 0 Å². The number of carbonyl (C=O) groups is 2. The lowest BCUT2D eigenvalue weighted by Gasteiger charge is -2.00. The molecule has 2 aromatic carbocycles. The standard InChI is InChI=1S/C22H19N3O2S2/c1-14(26)21-20(15-8-3-2-4-9-15)25-22(29-21)24-18(27)12-7-13-19-23-16-10-5-6-11-17(16)28-19/h2-6,8-11H,7,12-13H2,1H3,(H,24,25,27). The minimum Gasteiger partial charge on any atom is -0.302 e. The van der Waals surface area contributed by atoms with Crippen LogP contribution < -0.4 is 5.32 Å². The van der Waals surface area contributed by atoms with Gasteiger partial charge < -0.3 is 5.32 Å². The second kappa shape index (κ2) is 8.63. The molecular weight excluding hydrogens is 402 g/mol. The van der Waals surface area contributed by atoms with Crippen LogP contribution in [0.4, 0.5) is 5.13 Å². The summed E-state index contributed by atoms with van der Waals surface area (Å²) in [5, 5.41) is 4.34. The quantitative estimate of drug-likeness (QED) is 0.395. The van der Waals surface area contributed by atoms with Gasteiger partial charge in [0, 0.05) is 18.9 Å². The highest BCUT2D eigenvalue weighted by Gasteiger charge is 2.17. The van der Waals surface area contributed by atoms with Crippen LogP contribution in [0.1, 0.15) is 34.4 Å². The Hall–Kier alpha value is -2.90. The Labute approximate surface area is 176 Å². The van der Waals surface area contributed by atoms with E-state index in [1.54, 1.807) is 11.3 Å². The number of fused-ring (bicyclic) bond motifs is 1. The Kier molecular flexibility index (Phi) is 5.78. The number of benzene rings is 2. The second-order valence-corrected chi connectivity index (χ2v) is 8.71. The Morgan fingerprint density at radius 2 is 1.72 bits per heavy atom. The van der Waals surface area contributed by atoms with E-state index in [1.165, 1.54) is 23.0 Å². The Morgan fingerprint density at radius 3 is 2.48 bits per heavy atom. The number of amides is 1. The van der Waals surface area contributed by atoms with E-state index < -0.39 is 0 Å². The number of para-hydroxylation sites is 1. The van der Waals surface area contributed by atoms with E-state index in [0.29, 0.717) is 28.5 Å². The average molecular weight is 422 g/mol. The first-order valence-electron chi connectivity index (χ1n) is 9.31. The van der Waals surface area contributed by atoms with Gasteiger partial charge in [-0.25, -0.2) is 9.97 Å².